The molecule has 2 rings (SSSR count). The number of rotatable bonds is 3. The zero-order chi connectivity index (χ0) is 15.5. The maximum atomic E-state index is 12.6. The molecule has 1 heterocycles. The molecule has 0 aromatic heterocycles. The van der Waals surface area contributed by atoms with E-state index in [1.165, 1.54) is 0 Å². The van der Waals surface area contributed by atoms with Gasteiger partial charge in [0.1, 0.15) is 11.5 Å². The fraction of sp³-hybridized carbons (Fsp3) is 0.562. The van der Waals surface area contributed by atoms with Crippen molar-refractivity contribution in [2.24, 2.45) is 0 Å². The van der Waals surface area contributed by atoms with E-state index in [9.17, 15) is 9.90 Å². The van der Waals surface area contributed by atoms with Crippen LogP contribution in [0.3, 0.4) is 0 Å². The molecule has 0 radical (unpaired) electrons. The van der Waals surface area contributed by atoms with E-state index in [4.69, 9.17) is 9.47 Å². The number of nitrogens with zero attached hydrogens (tertiary/aromatic N) is 1. The normalized spacial score (nSPS) is 22.6. The molecule has 0 bridgehead atoms. The van der Waals surface area contributed by atoms with Crippen LogP contribution in [0.1, 0.15) is 36.5 Å². The summed E-state index contributed by atoms with van der Waals surface area (Å²) in [5.74, 6) is 1.14. The molecule has 5 nitrogen and oxygen atoms in total. The summed E-state index contributed by atoms with van der Waals surface area (Å²) >= 11 is 0. The van der Waals surface area contributed by atoms with E-state index < -0.39 is 5.60 Å². The second-order valence-electron chi connectivity index (χ2n) is 5.74. The Balaban J connectivity index is 2.19. The van der Waals surface area contributed by atoms with Crippen LogP contribution >= 0.6 is 0 Å². The highest BCUT2D eigenvalue weighted by Gasteiger charge is 2.27. The Bertz CT molecular complexity index is 491. The van der Waals surface area contributed by atoms with Crippen LogP contribution in [0.2, 0.25) is 0 Å². The van der Waals surface area contributed by atoms with E-state index in [0.717, 1.165) is 12.8 Å². The van der Waals surface area contributed by atoms with Crippen LogP contribution in [0.15, 0.2) is 18.2 Å². The number of carbonyl (C=O) groups is 1. The maximum Gasteiger partial charge on any atom is 0.254 e. The maximum absolute atomic E-state index is 12.6. The second-order valence-corrected chi connectivity index (χ2v) is 5.74. The SMILES string of the molecule is COc1cc(OC)cc(C(=O)N2CCCC(C)(O)CC2)c1. The van der Waals surface area contributed by atoms with Crippen LogP contribution in [0.5, 0.6) is 11.5 Å². The molecule has 1 fully saturated rings. The number of ether oxygens (including phenoxy) is 2. The first-order valence-corrected chi connectivity index (χ1v) is 7.20. The first kappa shape index (κ1) is 15.6. The zero-order valence-corrected chi connectivity index (χ0v) is 12.9. The van der Waals surface area contributed by atoms with Crippen LogP contribution in [0, 0.1) is 0 Å². The Labute approximate surface area is 125 Å². The van der Waals surface area contributed by atoms with E-state index in [0.29, 0.717) is 36.6 Å². The monoisotopic (exact) mass is 293 g/mol. The molecule has 5 heteroatoms. The van der Waals surface area contributed by atoms with Crippen molar-refractivity contribution in [2.75, 3.05) is 27.3 Å². The Kier molecular flexibility index (Phi) is 4.73. The molecule has 116 valence electrons. The summed E-state index contributed by atoms with van der Waals surface area (Å²) in [4.78, 5) is 14.4. The molecule has 21 heavy (non-hydrogen) atoms. The van der Waals surface area contributed by atoms with E-state index in [1.807, 2.05) is 6.92 Å². The number of amides is 1. The van der Waals surface area contributed by atoms with Crippen LogP contribution in [0.4, 0.5) is 0 Å². The topological polar surface area (TPSA) is 59.0 Å². The number of methoxy groups -OCH3 is 2. The number of benzene rings is 1. The highest BCUT2D eigenvalue weighted by atomic mass is 16.5. The van der Waals surface area contributed by atoms with E-state index in [-0.39, 0.29) is 5.91 Å². The third kappa shape index (κ3) is 3.88. The number of hydrogen-bond donors (Lipinski definition) is 1. The minimum absolute atomic E-state index is 0.0510. The molecule has 1 N–H and O–H groups in total. The summed E-state index contributed by atoms with van der Waals surface area (Å²) in [6.45, 7) is 3.05. The van der Waals surface area contributed by atoms with Gasteiger partial charge >= 0.3 is 0 Å². The molecule has 1 amide bonds. The first-order valence-electron chi connectivity index (χ1n) is 7.20. The lowest BCUT2D eigenvalue weighted by atomic mass is 9.98. The van der Waals surface area contributed by atoms with Gasteiger partial charge in [0.05, 0.1) is 19.8 Å². The quantitative estimate of drug-likeness (QED) is 0.927. The highest BCUT2D eigenvalue weighted by Crippen LogP contribution is 2.26. The average molecular weight is 293 g/mol. The summed E-state index contributed by atoms with van der Waals surface area (Å²) in [5.41, 5.74) is -0.131. The smallest absolute Gasteiger partial charge is 0.254 e. The van der Waals surface area contributed by atoms with E-state index >= 15 is 0 Å². The molecule has 1 atom stereocenters. The van der Waals surface area contributed by atoms with E-state index in [2.05, 4.69) is 0 Å². The van der Waals surface area contributed by atoms with Crippen LogP contribution in [-0.2, 0) is 0 Å². The van der Waals surface area contributed by atoms with Crippen molar-refractivity contribution >= 4 is 5.91 Å². The van der Waals surface area contributed by atoms with Crippen LogP contribution in [0.25, 0.3) is 0 Å². The largest absolute Gasteiger partial charge is 0.497 e. The number of likely N-dealkylation sites (tertiary alicyclic amines) is 1. The van der Waals surface area contributed by atoms with Gasteiger partial charge in [-0.05, 0) is 38.3 Å². The summed E-state index contributed by atoms with van der Waals surface area (Å²) < 4.78 is 10.4. The first-order chi connectivity index (χ1) is 9.95. The lowest BCUT2D eigenvalue weighted by molar-refractivity contribution is 0.0438. The Morgan fingerprint density at radius 2 is 1.76 bits per heavy atom. The molecule has 1 aromatic carbocycles. The minimum atomic E-state index is -0.679. The number of hydrogen-bond acceptors (Lipinski definition) is 4. The standard InChI is InChI=1S/C16H23NO4/c1-16(19)5-4-7-17(8-6-16)15(18)12-9-13(20-2)11-14(10-12)21-3/h9-11,19H,4-8H2,1-3H3. The molecule has 1 aromatic rings. The number of aliphatic hydroxyl groups is 1. The predicted octanol–water partition coefficient (Wildman–Crippen LogP) is 2.08. The van der Waals surface area contributed by atoms with Crippen molar-refractivity contribution < 1.29 is 19.4 Å². The fourth-order valence-corrected chi connectivity index (χ4v) is 2.58. The van der Waals surface area contributed by atoms with Crippen LogP contribution in [-0.4, -0.2) is 48.8 Å². The van der Waals surface area contributed by atoms with Crippen molar-refractivity contribution in [3.8, 4) is 11.5 Å². The highest BCUT2D eigenvalue weighted by molar-refractivity contribution is 5.95. The van der Waals surface area contributed by atoms with Gasteiger partial charge in [0, 0.05) is 24.7 Å². The summed E-state index contributed by atoms with van der Waals surface area (Å²) in [6.07, 6.45) is 2.12. The molecule has 0 aliphatic carbocycles. The summed E-state index contributed by atoms with van der Waals surface area (Å²) in [6, 6.07) is 5.17. The van der Waals surface area contributed by atoms with Gasteiger partial charge in [-0.15, -0.1) is 0 Å². The summed E-state index contributed by atoms with van der Waals surface area (Å²) in [7, 11) is 3.12. The molecule has 1 aliphatic rings. The van der Waals surface area contributed by atoms with Gasteiger partial charge in [0.25, 0.3) is 5.91 Å². The Morgan fingerprint density at radius 1 is 1.14 bits per heavy atom. The third-order valence-electron chi connectivity index (χ3n) is 3.95. The van der Waals surface area contributed by atoms with Crippen molar-refractivity contribution in [1.82, 2.24) is 4.90 Å². The third-order valence-corrected chi connectivity index (χ3v) is 3.95. The predicted molar refractivity (Wildman–Crippen MR) is 79.9 cm³/mol. The van der Waals surface area contributed by atoms with Gasteiger partial charge in [-0.25, -0.2) is 0 Å². The van der Waals surface area contributed by atoms with Gasteiger partial charge in [-0.3, -0.25) is 4.79 Å². The number of carbonyl (C=O) groups excluding carboxylic acids is 1. The van der Waals surface area contributed by atoms with Crippen molar-refractivity contribution in [2.45, 2.75) is 31.8 Å². The second kappa shape index (κ2) is 6.35. The Morgan fingerprint density at radius 3 is 2.33 bits per heavy atom. The van der Waals surface area contributed by atoms with Crippen molar-refractivity contribution in [3.63, 3.8) is 0 Å². The minimum Gasteiger partial charge on any atom is -0.497 e. The molecule has 1 aliphatic heterocycles. The molecular formula is C16H23NO4. The lowest BCUT2D eigenvalue weighted by Gasteiger charge is -2.23. The van der Waals surface area contributed by atoms with Crippen molar-refractivity contribution in [3.05, 3.63) is 23.8 Å². The van der Waals surface area contributed by atoms with E-state index in [1.54, 1.807) is 37.3 Å². The molecule has 1 saturated heterocycles. The fourth-order valence-electron chi connectivity index (χ4n) is 2.58. The average Bonchev–Trinajstić information content (AvgIpc) is 2.66. The van der Waals surface area contributed by atoms with Gasteiger partial charge in [-0.1, -0.05) is 0 Å². The van der Waals surface area contributed by atoms with Gasteiger partial charge in [-0.2, -0.15) is 0 Å². The van der Waals surface area contributed by atoms with Gasteiger partial charge < -0.3 is 19.5 Å². The van der Waals surface area contributed by atoms with Gasteiger partial charge in [0.2, 0.25) is 0 Å². The molecule has 0 saturated carbocycles. The molecule has 1 unspecified atom stereocenters. The summed E-state index contributed by atoms with van der Waals surface area (Å²) in [5, 5.41) is 10.1. The van der Waals surface area contributed by atoms with Crippen molar-refractivity contribution in [1.29, 1.82) is 0 Å². The van der Waals surface area contributed by atoms with Crippen LogP contribution < -0.4 is 9.47 Å². The molecule has 0 spiro atoms. The van der Waals surface area contributed by atoms with Gasteiger partial charge in [0.15, 0.2) is 0 Å². The zero-order valence-electron chi connectivity index (χ0n) is 12.9. The lowest BCUT2D eigenvalue weighted by Crippen LogP contribution is -2.33. The Hall–Kier alpha value is -1.75. The molecular weight excluding hydrogens is 270 g/mol.